The van der Waals surface area contributed by atoms with Crippen molar-refractivity contribution in [2.75, 3.05) is 21.3 Å². The number of Topliss-reactive ketones (excluding diaryl/α,β-unsaturated/α-hetero) is 1. The first kappa shape index (κ1) is 20.6. The first-order chi connectivity index (χ1) is 14.0. The number of hydrogen-bond donors (Lipinski definition) is 0. The van der Waals surface area contributed by atoms with Crippen LogP contribution in [0.4, 0.5) is 0 Å². The lowest BCUT2D eigenvalue weighted by Gasteiger charge is -2.09. The van der Waals surface area contributed by atoms with Crippen LogP contribution in [0.2, 0.25) is 5.02 Å². The van der Waals surface area contributed by atoms with Gasteiger partial charge in [0.15, 0.2) is 23.2 Å². The van der Waals surface area contributed by atoms with Crippen molar-refractivity contribution in [3.05, 3.63) is 57.4 Å². The number of halogens is 1. The van der Waals surface area contributed by atoms with Crippen LogP contribution in [-0.4, -0.2) is 32.1 Å². The lowest BCUT2D eigenvalue weighted by atomic mass is 9.99. The molecule has 1 atom stereocenters. The molecule has 1 heterocycles. The zero-order chi connectivity index (χ0) is 21.0. The van der Waals surface area contributed by atoms with Gasteiger partial charge in [0.2, 0.25) is 0 Å². The van der Waals surface area contributed by atoms with Crippen molar-refractivity contribution in [3.63, 3.8) is 0 Å². The van der Waals surface area contributed by atoms with E-state index in [2.05, 4.69) is 11.1 Å². The van der Waals surface area contributed by atoms with Gasteiger partial charge in [0, 0.05) is 16.5 Å². The summed E-state index contributed by atoms with van der Waals surface area (Å²) < 4.78 is 15.7. The van der Waals surface area contributed by atoms with Crippen LogP contribution in [-0.2, 0) is 0 Å². The molecule has 0 fully saturated rings. The van der Waals surface area contributed by atoms with Crippen molar-refractivity contribution >= 4 is 28.7 Å². The SMILES string of the molecule is COc1cc(C(=O)C(C#N)c2nc(-c3ccc(OC)c(OC)c3)cs2)ccc1Cl. The van der Waals surface area contributed by atoms with Gasteiger partial charge in [0.1, 0.15) is 10.8 Å². The third-order valence-electron chi connectivity index (χ3n) is 4.28. The van der Waals surface area contributed by atoms with Crippen LogP contribution in [0.5, 0.6) is 17.2 Å². The van der Waals surface area contributed by atoms with Crippen LogP contribution in [0.3, 0.4) is 0 Å². The fourth-order valence-corrected chi connectivity index (χ4v) is 3.82. The summed E-state index contributed by atoms with van der Waals surface area (Å²) in [6, 6.07) is 12.1. The number of nitrogens with zero attached hydrogens (tertiary/aromatic N) is 2. The molecule has 8 heteroatoms. The number of carbonyl (C=O) groups is 1. The highest BCUT2D eigenvalue weighted by molar-refractivity contribution is 7.10. The Bertz CT molecular complexity index is 1090. The molecule has 2 aromatic carbocycles. The standard InChI is InChI=1S/C21H17ClN2O4S/c1-26-17-7-5-12(8-19(17)28-3)16-11-29-21(24-16)14(10-23)20(25)13-4-6-15(22)18(9-13)27-2/h4-9,11,14H,1-3H3. The molecule has 1 unspecified atom stereocenters. The number of thiazole rings is 1. The Kier molecular flexibility index (Phi) is 6.37. The maximum Gasteiger partial charge on any atom is 0.187 e. The molecular formula is C21H17ClN2O4S. The van der Waals surface area contributed by atoms with E-state index in [1.807, 2.05) is 6.07 Å². The highest BCUT2D eigenvalue weighted by Crippen LogP contribution is 2.35. The Morgan fingerprint density at radius 3 is 2.45 bits per heavy atom. The van der Waals surface area contributed by atoms with E-state index in [9.17, 15) is 10.1 Å². The van der Waals surface area contributed by atoms with Crippen LogP contribution in [0.25, 0.3) is 11.3 Å². The first-order valence-electron chi connectivity index (χ1n) is 8.47. The fraction of sp³-hybridized carbons (Fsp3) is 0.190. The summed E-state index contributed by atoms with van der Waals surface area (Å²) in [7, 11) is 4.58. The maximum atomic E-state index is 12.9. The van der Waals surface area contributed by atoms with E-state index in [0.29, 0.717) is 38.5 Å². The summed E-state index contributed by atoms with van der Waals surface area (Å²) >= 11 is 7.27. The van der Waals surface area contributed by atoms with Gasteiger partial charge in [0.05, 0.1) is 38.1 Å². The summed E-state index contributed by atoms with van der Waals surface area (Å²) in [6.07, 6.45) is 0. The maximum absolute atomic E-state index is 12.9. The zero-order valence-electron chi connectivity index (χ0n) is 15.9. The van der Waals surface area contributed by atoms with Crippen LogP contribution in [0.1, 0.15) is 21.3 Å². The number of rotatable bonds is 7. The van der Waals surface area contributed by atoms with E-state index < -0.39 is 5.92 Å². The lowest BCUT2D eigenvalue weighted by Crippen LogP contribution is -2.11. The number of hydrogen-bond acceptors (Lipinski definition) is 7. The highest BCUT2D eigenvalue weighted by Gasteiger charge is 2.26. The van der Waals surface area contributed by atoms with Gasteiger partial charge in [-0.1, -0.05) is 11.6 Å². The molecule has 0 spiro atoms. The molecule has 6 nitrogen and oxygen atoms in total. The molecule has 29 heavy (non-hydrogen) atoms. The monoisotopic (exact) mass is 428 g/mol. The molecule has 0 amide bonds. The molecule has 1 aromatic heterocycles. The molecule has 0 aliphatic heterocycles. The molecule has 148 valence electrons. The van der Waals surface area contributed by atoms with E-state index >= 15 is 0 Å². The molecule has 0 aliphatic rings. The number of ketones is 1. The van der Waals surface area contributed by atoms with Crippen molar-refractivity contribution in [2.45, 2.75) is 5.92 Å². The van der Waals surface area contributed by atoms with Gasteiger partial charge >= 0.3 is 0 Å². The molecule has 0 bridgehead atoms. The fourth-order valence-electron chi connectivity index (χ4n) is 2.75. The van der Waals surface area contributed by atoms with Gasteiger partial charge in [-0.2, -0.15) is 5.26 Å². The van der Waals surface area contributed by atoms with E-state index in [1.165, 1.54) is 24.5 Å². The first-order valence-corrected chi connectivity index (χ1v) is 9.73. The van der Waals surface area contributed by atoms with Gasteiger partial charge in [-0.25, -0.2) is 4.98 Å². The van der Waals surface area contributed by atoms with Crippen molar-refractivity contribution in [1.82, 2.24) is 4.98 Å². The quantitative estimate of drug-likeness (QED) is 0.493. The predicted octanol–water partition coefficient (Wildman–Crippen LogP) is 4.98. The Hall–Kier alpha value is -3.08. The topological polar surface area (TPSA) is 81.4 Å². The molecule has 0 saturated carbocycles. The minimum atomic E-state index is -1.03. The van der Waals surface area contributed by atoms with Crippen LogP contribution >= 0.6 is 22.9 Å². The largest absolute Gasteiger partial charge is 0.495 e. The van der Waals surface area contributed by atoms with Crippen molar-refractivity contribution in [1.29, 1.82) is 5.26 Å². The minimum absolute atomic E-state index is 0.334. The number of carbonyl (C=O) groups excluding carboxylic acids is 1. The summed E-state index contributed by atoms with van der Waals surface area (Å²) in [5.74, 6) is 0.156. The Morgan fingerprint density at radius 1 is 1.07 bits per heavy atom. The molecule has 3 aromatic rings. The van der Waals surface area contributed by atoms with E-state index in [4.69, 9.17) is 25.8 Å². The summed E-state index contributed by atoms with van der Waals surface area (Å²) in [4.78, 5) is 17.4. The second kappa shape index (κ2) is 8.95. The molecule has 0 aliphatic carbocycles. The van der Waals surface area contributed by atoms with Gasteiger partial charge in [-0.05, 0) is 36.4 Å². The third-order valence-corrected chi connectivity index (χ3v) is 5.50. The average Bonchev–Trinajstić information content (AvgIpc) is 3.23. The Balaban J connectivity index is 1.92. The average molecular weight is 429 g/mol. The van der Waals surface area contributed by atoms with Gasteiger partial charge in [-0.3, -0.25) is 4.79 Å². The zero-order valence-corrected chi connectivity index (χ0v) is 17.5. The summed E-state index contributed by atoms with van der Waals surface area (Å²) in [6.45, 7) is 0. The number of nitriles is 1. The van der Waals surface area contributed by atoms with E-state index in [-0.39, 0.29) is 5.78 Å². The van der Waals surface area contributed by atoms with Gasteiger partial charge < -0.3 is 14.2 Å². The number of benzene rings is 2. The molecule has 0 saturated heterocycles. The normalized spacial score (nSPS) is 11.4. The molecule has 0 N–H and O–H groups in total. The molecular weight excluding hydrogens is 412 g/mol. The minimum Gasteiger partial charge on any atom is -0.495 e. The summed E-state index contributed by atoms with van der Waals surface area (Å²) in [5, 5.41) is 12.2. The van der Waals surface area contributed by atoms with Gasteiger partial charge in [-0.15, -0.1) is 11.3 Å². The van der Waals surface area contributed by atoms with Crippen LogP contribution in [0.15, 0.2) is 41.8 Å². The van der Waals surface area contributed by atoms with Crippen molar-refractivity contribution in [2.24, 2.45) is 0 Å². The van der Waals surface area contributed by atoms with Crippen molar-refractivity contribution in [3.8, 4) is 34.6 Å². The van der Waals surface area contributed by atoms with Crippen LogP contribution in [0, 0.1) is 11.3 Å². The van der Waals surface area contributed by atoms with Crippen molar-refractivity contribution < 1.29 is 19.0 Å². The van der Waals surface area contributed by atoms with E-state index in [1.54, 1.807) is 43.9 Å². The smallest absolute Gasteiger partial charge is 0.187 e. The number of aromatic nitrogens is 1. The number of methoxy groups -OCH3 is 3. The summed E-state index contributed by atoms with van der Waals surface area (Å²) in [5.41, 5.74) is 1.77. The molecule has 3 rings (SSSR count). The lowest BCUT2D eigenvalue weighted by molar-refractivity contribution is 0.0978. The van der Waals surface area contributed by atoms with Gasteiger partial charge in [0.25, 0.3) is 0 Å². The highest BCUT2D eigenvalue weighted by atomic mass is 35.5. The predicted molar refractivity (Wildman–Crippen MR) is 111 cm³/mol. The Morgan fingerprint density at radius 2 is 1.79 bits per heavy atom. The second-order valence-electron chi connectivity index (χ2n) is 5.92. The van der Waals surface area contributed by atoms with E-state index in [0.717, 1.165) is 5.56 Å². The number of ether oxygens (including phenoxy) is 3. The second-order valence-corrected chi connectivity index (χ2v) is 7.21. The third kappa shape index (κ3) is 4.19. The Labute approximate surface area is 177 Å². The van der Waals surface area contributed by atoms with Crippen LogP contribution < -0.4 is 14.2 Å². The molecule has 0 radical (unpaired) electrons.